The van der Waals surface area contributed by atoms with Crippen LogP contribution >= 0.6 is 23.2 Å². The Hall–Kier alpha value is -0.810. The van der Waals surface area contributed by atoms with Gasteiger partial charge in [-0.25, -0.2) is 0 Å². The highest BCUT2D eigenvalue weighted by Gasteiger charge is 2.38. The first-order chi connectivity index (χ1) is 13.2. The first kappa shape index (κ1) is 21.9. The van der Waals surface area contributed by atoms with E-state index in [2.05, 4.69) is 35.9 Å². The number of hydrogen-bond acceptors (Lipinski definition) is 3. The summed E-state index contributed by atoms with van der Waals surface area (Å²) in [5.74, 6) is 0.865. The molecular formula is C22H33Cl2N3O. The molecule has 1 N–H and O–H groups in total. The molecule has 0 spiro atoms. The van der Waals surface area contributed by atoms with Crippen LogP contribution in [-0.2, 0) is 11.3 Å². The van der Waals surface area contributed by atoms with E-state index in [4.69, 9.17) is 23.2 Å². The van der Waals surface area contributed by atoms with E-state index in [1.807, 2.05) is 18.2 Å². The second-order valence-electron chi connectivity index (χ2n) is 9.35. The minimum Gasteiger partial charge on any atom is -0.337 e. The summed E-state index contributed by atoms with van der Waals surface area (Å²) >= 11 is 12.2. The maximum atomic E-state index is 13.1. The van der Waals surface area contributed by atoms with Crippen molar-refractivity contribution in [1.82, 2.24) is 15.1 Å². The Morgan fingerprint density at radius 2 is 1.86 bits per heavy atom. The summed E-state index contributed by atoms with van der Waals surface area (Å²) in [7, 11) is 0. The van der Waals surface area contributed by atoms with Gasteiger partial charge in [0, 0.05) is 38.6 Å². The lowest BCUT2D eigenvalue weighted by molar-refractivity contribution is -0.141. The second kappa shape index (κ2) is 9.34. The Balaban J connectivity index is 1.65. The van der Waals surface area contributed by atoms with Crippen molar-refractivity contribution in [2.24, 2.45) is 11.3 Å². The zero-order valence-corrected chi connectivity index (χ0v) is 18.8. The number of amides is 1. The molecule has 0 aliphatic carbocycles. The van der Waals surface area contributed by atoms with Crippen LogP contribution in [0.15, 0.2) is 18.2 Å². The molecule has 2 saturated heterocycles. The van der Waals surface area contributed by atoms with Crippen molar-refractivity contribution in [2.75, 3.05) is 32.7 Å². The van der Waals surface area contributed by atoms with Crippen molar-refractivity contribution in [3.63, 3.8) is 0 Å². The second-order valence-corrected chi connectivity index (χ2v) is 10.2. The van der Waals surface area contributed by atoms with Gasteiger partial charge >= 0.3 is 0 Å². The Labute approximate surface area is 179 Å². The van der Waals surface area contributed by atoms with Crippen molar-refractivity contribution in [3.8, 4) is 0 Å². The third-order valence-corrected chi connectivity index (χ3v) is 6.84. The molecule has 1 aromatic carbocycles. The molecule has 156 valence electrons. The number of halogens is 2. The van der Waals surface area contributed by atoms with Crippen LogP contribution in [0.5, 0.6) is 0 Å². The standard InChI is InChI=1S/C22H33Cl2N3O/c1-22(2,3)20-15-26(14-17-4-5-18(23)19(24)12-17)10-11-27(20)21(28)13-16-6-8-25-9-7-16/h4-5,12,16,20,25H,6-11,13-15H2,1-3H3/t20-/m1/s1. The normalized spacial score (nSPS) is 22.5. The van der Waals surface area contributed by atoms with Crippen LogP contribution in [0.2, 0.25) is 10.0 Å². The van der Waals surface area contributed by atoms with Gasteiger partial charge in [-0.05, 0) is 55.0 Å². The van der Waals surface area contributed by atoms with E-state index in [0.29, 0.717) is 28.3 Å². The van der Waals surface area contributed by atoms with Crippen LogP contribution in [0.3, 0.4) is 0 Å². The smallest absolute Gasteiger partial charge is 0.223 e. The van der Waals surface area contributed by atoms with Crippen LogP contribution in [0.1, 0.15) is 45.6 Å². The SMILES string of the molecule is CC(C)(C)[C@H]1CN(Cc2ccc(Cl)c(Cl)c2)CCN1C(=O)CC1CCNCC1. The Kier molecular flexibility index (Phi) is 7.30. The number of nitrogens with one attached hydrogen (secondary N) is 1. The molecule has 1 atom stereocenters. The molecular weight excluding hydrogens is 393 g/mol. The number of piperidine rings is 1. The summed E-state index contributed by atoms with van der Waals surface area (Å²) in [5.41, 5.74) is 1.21. The minimum atomic E-state index is 0.0418. The average Bonchev–Trinajstić information content (AvgIpc) is 2.65. The zero-order chi connectivity index (χ0) is 20.3. The summed E-state index contributed by atoms with van der Waals surface area (Å²) in [4.78, 5) is 17.7. The van der Waals surface area contributed by atoms with Crippen LogP contribution < -0.4 is 5.32 Å². The molecule has 2 aliphatic rings. The van der Waals surface area contributed by atoms with Gasteiger partial charge in [-0.1, -0.05) is 50.0 Å². The van der Waals surface area contributed by atoms with Crippen molar-refractivity contribution in [3.05, 3.63) is 33.8 Å². The topological polar surface area (TPSA) is 35.6 Å². The Morgan fingerprint density at radius 3 is 2.50 bits per heavy atom. The third kappa shape index (κ3) is 5.63. The van der Waals surface area contributed by atoms with Gasteiger partial charge in [0.05, 0.1) is 10.0 Å². The summed E-state index contributed by atoms with van der Waals surface area (Å²) in [6, 6.07) is 6.07. The average molecular weight is 426 g/mol. The van der Waals surface area contributed by atoms with Gasteiger partial charge in [-0.15, -0.1) is 0 Å². The predicted octanol–water partition coefficient (Wildman–Crippen LogP) is 4.44. The molecule has 0 saturated carbocycles. The van der Waals surface area contributed by atoms with Crippen LogP contribution in [0.25, 0.3) is 0 Å². The van der Waals surface area contributed by atoms with Crippen molar-refractivity contribution >= 4 is 29.1 Å². The van der Waals surface area contributed by atoms with Crippen LogP contribution in [-0.4, -0.2) is 54.5 Å². The monoisotopic (exact) mass is 425 g/mol. The van der Waals surface area contributed by atoms with E-state index in [-0.39, 0.29) is 11.5 Å². The van der Waals surface area contributed by atoms with E-state index in [1.54, 1.807) is 0 Å². The highest BCUT2D eigenvalue weighted by Crippen LogP contribution is 2.31. The molecule has 2 fully saturated rings. The van der Waals surface area contributed by atoms with Crippen LogP contribution in [0.4, 0.5) is 0 Å². The fourth-order valence-electron chi connectivity index (χ4n) is 4.37. The molecule has 0 unspecified atom stereocenters. The van der Waals surface area contributed by atoms with Gasteiger partial charge in [-0.3, -0.25) is 9.69 Å². The number of carbonyl (C=O) groups is 1. The lowest BCUT2D eigenvalue weighted by Crippen LogP contribution is -2.59. The maximum absolute atomic E-state index is 13.1. The van der Waals surface area contributed by atoms with E-state index in [1.165, 1.54) is 0 Å². The number of nitrogens with zero attached hydrogens (tertiary/aromatic N) is 2. The quantitative estimate of drug-likeness (QED) is 0.773. The predicted molar refractivity (Wildman–Crippen MR) is 117 cm³/mol. The van der Waals surface area contributed by atoms with Gasteiger partial charge in [-0.2, -0.15) is 0 Å². The molecule has 1 amide bonds. The van der Waals surface area contributed by atoms with Crippen molar-refractivity contribution < 1.29 is 4.79 Å². The molecule has 4 nitrogen and oxygen atoms in total. The van der Waals surface area contributed by atoms with Gasteiger partial charge < -0.3 is 10.2 Å². The highest BCUT2D eigenvalue weighted by molar-refractivity contribution is 6.42. The van der Waals surface area contributed by atoms with Crippen molar-refractivity contribution in [2.45, 2.75) is 52.6 Å². The lowest BCUT2D eigenvalue weighted by atomic mass is 9.83. The molecule has 0 radical (unpaired) electrons. The van der Waals surface area contributed by atoms with Crippen molar-refractivity contribution in [1.29, 1.82) is 0 Å². The van der Waals surface area contributed by atoms with E-state index in [0.717, 1.165) is 57.7 Å². The maximum Gasteiger partial charge on any atom is 0.223 e. The van der Waals surface area contributed by atoms with Gasteiger partial charge in [0.2, 0.25) is 5.91 Å². The Bertz CT molecular complexity index is 683. The summed E-state index contributed by atoms with van der Waals surface area (Å²) in [6.45, 7) is 12.2. The van der Waals surface area contributed by atoms with Gasteiger partial charge in [0.15, 0.2) is 0 Å². The van der Waals surface area contributed by atoms with Gasteiger partial charge in [0.1, 0.15) is 0 Å². The fraction of sp³-hybridized carbons (Fsp3) is 0.682. The number of piperazine rings is 1. The summed E-state index contributed by atoms with van der Waals surface area (Å²) in [6.07, 6.45) is 2.92. The van der Waals surface area contributed by atoms with E-state index in [9.17, 15) is 4.79 Å². The number of rotatable bonds is 4. The lowest BCUT2D eigenvalue weighted by Gasteiger charge is -2.47. The van der Waals surface area contributed by atoms with Gasteiger partial charge in [0.25, 0.3) is 0 Å². The third-order valence-electron chi connectivity index (χ3n) is 6.10. The largest absolute Gasteiger partial charge is 0.337 e. The molecule has 1 aromatic rings. The zero-order valence-electron chi connectivity index (χ0n) is 17.3. The van der Waals surface area contributed by atoms with E-state index >= 15 is 0 Å². The summed E-state index contributed by atoms with van der Waals surface area (Å²) in [5, 5.41) is 4.58. The minimum absolute atomic E-state index is 0.0418. The molecule has 3 rings (SSSR count). The Morgan fingerprint density at radius 1 is 1.14 bits per heavy atom. The molecule has 2 aliphatic heterocycles. The first-order valence-corrected chi connectivity index (χ1v) is 11.2. The van der Waals surface area contributed by atoms with E-state index < -0.39 is 0 Å². The molecule has 0 bridgehead atoms. The first-order valence-electron chi connectivity index (χ1n) is 10.4. The molecule has 6 heteroatoms. The molecule has 2 heterocycles. The summed E-state index contributed by atoms with van der Waals surface area (Å²) < 4.78 is 0. The molecule has 28 heavy (non-hydrogen) atoms. The number of benzene rings is 1. The van der Waals surface area contributed by atoms with Crippen LogP contribution in [0, 0.1) is 11.3 Å². The fourth-order valence-corrected chi connectivity index (χ4v) is 4.69. The molecule has 0 aromatic heterocycles. The number of hydrogen-bond donors (Lipinski definition) is 1. The number of carbonyl (C=O) groups excluding carboxylic acids is 1. The highest BCUT2D eigenvalue weighted by atomic mass is 35.5.